The van der Waals surface area contributed by atoms with Crippen LogP contribution >= 0.6 is 0 Å². The summed E-state index contributed by atoms with van der Waals surface area (Å²) in [6.07, 6.45) is 2.15. The number of aliphatic imine (C=N–C) groups is 1. The minimum Gasteiger partial charge on any atom is -0.444 e. The van der Waals surface area contributed by atoms with E-state index >= 15 is 0 Å². The number of alkyl carbamates (subject to hydrolysis) is 1. The van der Waals surface area contributed by atoms with Crippen LogP contribution in [-0.2, 0) is 11.2 Å². The zero-order valence-electron chi connectivity index (χ0n) is 21.1. The van der Waals surface area contributed by atoms with Crippen LogP contribution in [0.4, 0.5) is 10.5 Å². The smallest absolute Gasteiger partial charge is 0.414 e. The molecule has 1 amide bonds. The molecular weight excluding hydrogens is 458 g/mol. The first-order valence-corrected chi connectivity index (χ1v) is 11.9. The topological polar surface area (TPSA) is 128 Å². The highest BCUT2D eigenvalue weighted by Gasteiger charge is 2.18. The lowest BCUT2D eigenvalue weighted by molar-refractivity contribution is 0.0563. The normalized spacial score (nSPS) is 11.7. The monoisotopic (exact) mass is 491 g/mol. The van der Waals surface area contributed by atoms with Crippen molar-refractivity contribution in [2.24, 2.45) is 4.99 Å². The second-order valence-corrected chi connectivity index (χ2v) is 9.41. The molecule has 0 aliphatic rings. The van der Waals surface area contributed by atoms with Gasteiger partial charge in [-0.2, -0.15) is 0 Å². The molecule has 0 radical (unpaired) electrons. The average Bonchev–Trinajstić information content (AvgIpc) is 3.16. The lowest BCUT2D eigenvalue weighted by Gasteiger charge is -2.20. The Balaban J connectivity index is 1.65. The Kier molecular flexibility index (Phi) is 8.83. The fourth-order valence-electron chi connectivity index (χ4n) is 3.47. The summed E-state index contributed by atoms with van der Waals surface area (Å²) in [6.45, 7) is 7.54. The van der Waals surface area contributed by atoms with Crippen LogP contribution in [0.25, 0.3) is 0 Å². The number of amides is 1. The molecule has 9 nitrogen and oxygen atoms in total. The van der Waals surface area contributed by atoms with Gasteiger partial charge in [-0.3, -0.25) is 15.1 Å². The number of unbranched alkanes of at least 4 members (excludes halogenated alkanes) is 1. The highest BCUT2D eigenvalue weighted by atomic mass is 16.6. The number of nitrogens with one attached hydrogen (secondary N) is 4. The van der Waals surface area contributed by atoms with Gasteiger partial charge in [-0.05, 0) is 76.8 Å². The number of guanidine groups is 1. The summed E-state index contributed by atoms with van der Waals surface area (Å²) in [5, 5.41) is 5.76. The van der Waals surface area contributed by atoms with Crippen LogP contribution in [0, 0.1) is 6.92 Å². The number of rotatable bonds is 8. The van der Waals surface area contributed by atoms with Crippen LogP contribution in [0.3, 0.4) is 0 Å². The molecule has 3 aromatic rings. The quantitative estimate of drug-likeness (QED) is 0.159. The SMILES string of the molecule is Cc1[nH]c(=O)[nH]c1C(=O)c1ccc(NC(=NCCCCc2ccccc2)NC(=O)OC(C)(C)C)cc1. The van der Waals surface area contributed by atoms with Crippen LogP contribution in [0.2, 0.25) is 0 Å². The van der Waals surface area contributed by atoms with Crippen LogP contribution in [0.1, 0.15) is 60.9 Å². The molecule has 0 saturated heterocycles. The minimum atomic E-state index is -0.649. The molecule has 0 atom stereocenters. The molecule has 0 bridgehead atoms. The van der Waals surface area contributed by atoms with Gasteiger partial charge in [0, 0.05) is 23.5 Å². The molecular formula is C27H33N5O4. The molecule has 3 rings (SSSR count). The number of H-pyrrole nitrogens is 2. The van der Waals surface area contributed by atoms with E-state index in [2.05, 4.69) is 37.7 Å². The van der Waals surface area contributed by atoms with Crippen LogP contribution in [-0.4, -0.2) is 39.9 Å². The third kappa shape index (κ3) is 8.26. The molecule has 190 valence electrons. The van der Waals surface area contributed by atoms with Crippen molar-refractivity contribution in [2.75, 3.05) is 11.9 Å². The molecule has 0 spiro atoms. The molecule has 2 aromatic carbocycles. The zero-order chi connectivity index (χ0) is 26.1. The van der Waals surface area contributed by atoms with Gasteiger partial charge < -0.3 is 20.0 Å². The van der Waals surface area contributed by atoms with Gasteiger partial charge in [0.05, 0.1) is 0 Å². The van der Waals surface area contributed by atoms with Crippen molar-refractivity contribution in [3.8, 4) is 0 Å². The summed E-state index contributed by atoms with van der Waals surface area (Å²) in [4.78, 5) is 46.1. The second-order valence-electron chi connectivity index (χ2n) is 9.41. The maximum Gasteiger partial charge on any atom is 0.414 e. The van der Waals surface area contributed by atoms with E-state index in [0.29, 0.717) is 23.5 Å². The van der Waals surface area contributed by atoms with E-state index in [4.69, 9.17) is 4.74 Å². The second kappa shape index (κ2) is 12.0. The fourth-order valence-corrected chi connectivity index (χ4v) is 3.47. The maximum atomic E-state index is 12.7. The highest BCUT2D eigenvalue weighted by Crippen LogP contribution is 2.14. The van der Waals surface area contributed by atoms with Gasteiger partial charge in [0.1, 0.15) is 11.3 Å². The Labute approximate surface area is 210 Å². The molecule has 1 heterocycles. The largest absolute Gasteiger partial charge is 0.444 e. The number of hydrogen-bond donors (Lipinski definition) is 4. The Morgan fingerprint density at radius 1 is 0.972 bits per heavy atom. The standard InChI is InChI=1S/C27H33N5O4/c1-18-22(31-25(34)29-18)23(33)20-13-15-21(16-14-20)30-24(32-26(35)36-27(2,3)4)28-17-9-8-12-19-10-6-5-7-11-19/h5-7,10-11,13-16H,8-9,12,17H2,1-4H3,(H2,29,31,34)(H2,28,30,32,35). The van der Waals surface area contributed by atoms with E-state index in [9.17, 15) is 14.4 Å². The number of nitrogens with zero attached hydrogens (tertiary/aromatic N) is 1. The number of ether oxygens (including phenoxy) is 1. The van der Waals surface area contributed by atoms with Crippen molar-refractivity contribution in [3.63, 3.8) is 0 Å². The number of hydrogen-bond acceptors (Lipinski definition) is 5. The molecule has 36 heavy (non-hydrogen) atoms. The first-order valence-electron chi connectivity index (χ1n) is 11.9. The van der Waals surface area contributed by atoms with Crippen molar-refractivity contribution >= 4 is 23.5 Å². The number of carbonyl (C=O) groups is 2. The summed E-state index contributed by atoms with van der Waals surface area (Å²) in [7, 11) is 0. The van der Waals surface area contributed by atoms with Gasteiger partial charge in [0.25, 0.3) is 0 Å². The summed E-state index contributed by atoms with van der Waals surface area (Å²) in [5.74, 6) is -0.0366. The first kappa shape index (κ1) is 26.5. The number of ketones is 1. The Hall–Kier alpha value is -4.14. The van der Waals surface area contributed by atoms with Gasteiger partial charge in [-0.25, -0.2) is 9.59 Å². The van der Waals surface area contributed by atoms with Gasteiger partial charge in [0.15, 0.2) is 0 Å². The zero-order valence-corrected chi connectivity index (χ0v) is 21.1. The first-order chi connectivity index (χ1) is 17.1. The van der Waals surface area contributed by atoms with Gasteiger partial charge >= 0.3 is 11.8 Å². The Morgan fingerprint density at radius 2 is 1.67 bits per heavy atom. The van der Waals surface area contributed by atoms with Crippen molar-refractivity contribution in [3.05, 3.63) is 87.6 Å². The average molecular weight is 492 g/mol. The van der Waals surface area contributed by atoms with Crippen LogP contribution in [0.15, 0.2) is 64.4 Å². The summed E-state index contributed by atoms with van der Waals surface area (Å²) >= 11 is 0. The van der Waals surface area contributed by atoms with Crippen LogP contribution in [0.5, 0.6) is 0 Å². The molecule has 0 fully saturated rings. The maximum absolute atomic E-state index is 12.7. The molecule has 1 aromatic heterocycles. The molecule has 4 N–H and O–H groups in total. The fraction of sp³-hybridized carbons (Fsp3) is 0.333. The van der Waals surface area contributed by atoms with E-state index < -0.39 is 17.4 Å². The van der Waals surface area contributed by atoms with Gasteiger partial charge in [0.2, 0.25) is 11.7 Å². The molecule has 0 unspecified atom stereocenters. The summed E-state index contributed by atoms with van der Waals surface area (Å²) < 4.78 is 5.36. The van der Waals surface area contributed by atoms with Gasteiger partial charge in [-0.15, -0.1) is 0 Å². The Bertz CT molecular complexity index is 1250. The van der Waals surface area contributed by atoms with E-state index in [1.807, 2.05) is 18.2 Å². The van der Waals surface area contributed by atoms with Crippen LogP contribution < -0.4 is 16.3 Å². The van der Waals surface area contributed by atoms with Gasteiger partial charge in [-0.1, -0.05) is 30.3 Å². The van der Waals surface area contributed by atoms with Crippen molar-refractivity contribution < 1.29 is 14.3 Å². The van der Waals surface area contributed by atoms with E-state index in [1.165, 1.54) is 5.56 Å². The summed E-state index contributed by atoms with van der Waals surface area (Å²) in [5.41, 5.74) is 1.96. The number of carbonyl (C=O) groups excluding carboxylic acids is 2. The van der Waals surface area contributed by atoms with E-state index in [0.717, 1.165) is 19.3 Å². The van der Waals surface area contributed by atoms with Crippen molar-refractivity contribution in [2.45, 2.75) is 52.6 Å². The lowest BCUT2D eigenvalue weighted by atomic mass is 10.1. The summed E-state index contributed by atoms with van der Waals surface area (Å²) in [6, 6.07) is 16.9. The van der Waals surface area contributed by atoms with E-state index in [-0.39, 0.29) is 17.4 Å². The predicted octanol–water partition coefficient (Wildman–Crippen LogP) is 4.56. The molecule has 0 aliphatic carbocycles. The van der Waals surface area contributed by atoms with Crippen molar-refractivity contribution in [1.82, 2.24) is 15.3 Å². The van der Waals surface area contributed by atoms with E-state index in [1.54, 1.807) is 52.0 Å². The third-order valence-electron chi connectivity index (χ3n) is 5.16. The number of imidazole rings is 1. The molecule has 0 aliphatic heterocycles. The number of aromatic amines is 2. The highest BCUT2D eigenvalue weighted by molar-refractivity contribution is 6.09. The number of benzene rings is 2. The Morgan fingerprint density at radius 3 is 2.28 bits per heavy atom. The third-order valence-corrected chi connectivity index (χ3v) is 5.16. The molecule has 9 heteroatoms. The van der Waals surface area contributed by atoms with Crippen molar-refractivity contribution in [1.29, 1.82) is 0 Å². The number of aryl methyl sites for hydroxylation is 2. The predicted molar refractivity (Wildman–Crippen MR) is 141 cm³/mol. The number of aromatic nitrogens is 2. The lowest BCUT2D eigenvalue weighted by Crippen LogP contribution is -2.40. The molecule has 0 saturated carbocycles. The number of anilines is 1. The minimum absolute atomic E-state index is 0.227.